The van der Waals surface area contributed by atoms with Crippen LogP contribution in [0.4, 0.5) is 0 Å². The highest BCUT2D eigenvalue weighted by atomic mass is 16.5. The van der Waals surface area contributed by atoms with Crippen LogP contribution in [0.1, 0.15) is 6.92 Å². The quantitative estimate of drug-likeness (QED) is 0.363. The predicted molar refractivity (Wildman–Crippen MR) is 31.8 cm³/mol. The standard InChI is InChI=1S/C5H9NO4/c1-5(9,3(6)7)4(8)10-2/h9H,1-2H3,(H2,6,7)/t5-/m0/s1. The van der Waals surface area contributed by atoms with E-state index in [1.807, 2.05) is 0 Å². The summed E-state index contributed by atoms with van der Waals surface area (Å²) in [5.41, 5.74) is 2.44. The summed E-state index contributed by atoms with van der Waals surface area (Å²) in [5, 5.41) is 8.91. The van der Waals surface area contributed by atoms with Gasteiger partial charge in [0.25, 0.3) is 5.91 Å². The molecular weight excluding hydrogens is 138 g/mol. The number of primary amides is 1. The van der Waals surface area contributed by atoms with Crippen LogP contribution in [0.15, 0.2) is 0 Å². The molecule has 0 aromatic heterocycles. The van der Waals surface area contributed by atoms with E-state index >= 15 is 0 Å². The molecule has 0 aromatic rings. The Kier molecular flexibility index (Phi) is 2.36. The van der Waals surface area contributed by atoms with Crippen molar-refractivity contribution in [3.05, 3.63) is 0 Å². The van der Waals surface area contributed by atoms with Crippen molar-refractivity contribution >= 4 is 11.9 Å². The Balaban J connectivity index is 4.40. The minimum Gasteiger partial charge on any atom is -0.466 e. The number of methoxy groups -OCH3 is 1. The molecule has 5 nitrogen and oxygen atoms in total. The molecule has 0 aliphatic heterocycles. The second kappa shape index (κ2) is 2.66. The van der Waals surface area contributed by atoms with Crippen LogP contribution in [0.2, 0.25) is 0 Å². The van der Waals surface area contributed by atoms with E-state index in [0.29, 0.717) is 0 Å². The Hall–Kier alpha value is -1.10. The number of nitrogens with two attached hydrogens (primary N) is 1. The number of rotatable bonds is 2. The van der Waals surface area contributed by atoms with Gasteiger partial charge in [-0.2, -0.15) is 0 Å². The molecule has 0 spiro atoms. The molecule has 0 saturated heterocycles. The molecule has 0 heterocycles. The van der Waals surface area contributed by atoms with Gasteiger partial charge in [-0.15, -0.1) is 0 Å². The van der Waals surface area contributed by atoms with Gasteiger partial charge in [-0.1, -0.05) is 0 Å². The van der Waals surface area contributed by atoms with Gasteiger partial charge in [0.1, 0.15) is 0 Å². The zero-order valence-corrected chi connectivity index (χ0v) is 5.75. The lowest BCUT2D eigenvalue weighted by atomic mass is 10.1. The van der Waals surface area contributed by atoms with Gasteiger partial charge in [0, 0.05) is 0 Å². The first kappa shape index (κ1) is 8.90. The summed E-state index contributed by atoms with van der Waals surface area (Å²) in [6, 6.07) is 0. The average molecular weight is 147 g/mol. The Bertz CT molecular complexity index is 163. The molecule has 0 aliphatic rings. The predicted octanol–water partition coefficient (Wildman–Crippen LogP) is -1.60. The first-order chi connectivity index (χ1) is 4.42. The van der Waals surface area contributed by atoms with E-state index < -0.39 is 17.5 Å². The fraction of sp³-hybridized carbons (Fsp3) is 0.600. The van der Waals surface area contributed by atoms with E-state index in [0.717, 1.165) is 14.0 Å². The fourth-order valence-corrected chi connectivity index (χ4v) is 0.299. The van der Waals surface area contributed by atoms with Crippen LogP contribution in [0.5, 0.6) is 0 Å². The Morgan fingerprint density at radius 1 is 1.60 bits per heavy atom. The number of carbonyl (C=O) groups is 2. The molecular formula is C5H9NO4. The van der Waals surface area contributed by atoms with Crippen molar-refractivity contribution in [1.29, 1.82) is 0 Å². The highest BCUT2D eigenvalue weighted by molar-refractivity contribution is 6.04. The molecule has 5 heteroatoms. The summed E-state index contributed by atoms with van der Waals surface area (Å²) in [6.45, 7) is 0.973. The van der Waals surface area contributed by atoms with E-state index in [1.54, 1.807) is 0 Å². The zero-order chi connectivity index (χ0) is 8.36. The van der Waals surface area contributed by atoms with Crippen molar-refractivity contribution in [1.82, 2.24) is 0 Å². The van der Waals surface area contributed by atoms with Gasteiger partial charge in [0.15, 0.2) is 0 Å². The summed E-state index contributed by atoms with van der Waals surface area (Å²) in [6.07, 6.45) is 0. The van der Waals surface area contributed by atoms with Crippen molar-refractivity contribution in [2.45, 2.75) is 12.5 Å². The van der Waals surface area contributed by atoms with E-state index in [9.17, 15) is 9.59 Å². The fourth-order valence-electron chi connectivity index (χ4n) is 0.299. The maximum absolute atomic E-state index is 10.5. The number of hydrogen-bond donors (Lipinski definition) is 2. The normalized spacial score (nSPS) is 15.5. The van der Waals surface area contributed by atoms with Crippen LogP contribution in [0, 0.1) is 0 Å². The van der Waals surface area contributed by atoms with E-state index in [4.69, 9.17) is 5.11 Å². The summed E-state index contributed by atoms with van der Waals surface area (Å²) in [4.78, 5) is 20.8. The van der Waals surface area contributed by atoms with Crippen LogP contribution in [0.3, 0.4) is 0 Å². The molecule has 0 radical (unpaired) electrons. The summed E-state index contributed by atoms with van der Waals surface area (Å²) in [5.74, 6) is -2.18. The molecule has 0 saturated carbocycles. The SMILES string of the molecule is COC(=O)[C@@](C)(O)C(N)=O. The summed E-state index contributed by atoms with van der Waals surface area (Å²) >= 11 is 0. The maximum Gasteiger partial charge on any atom is 0.347 e. The molecule has 58 valence electrons. The molecule has 0 unspecified atom stereocenters. The van der Waals surface area contributed by atoms with Crippen molar-refractivity contribution in [3.8, 4) is 0 Å². The van der Waals surface area contributed by atoms with Crippen molar-refractivity contribution in [2.24, 2.45) is 5.73 Å². The first-order valence-corrected chi connectivity index (χ1v) is 2.53. The molecule has 1 amide bonds. The number of hydrogen-bond acceptors (Lipinski definition) is 4. The first-order valence-electron chi connectivity index (χ1n) is 2.53. The lowest BCUT2D eigenvalue weighted by Gasteiger charge is -2.14. The molecule has 0 aromatic carbocycles. The van der Waals surface area contributed by atoms with Crippen LogP contribution in [-0.4, -0.2) is 29.7 Å². The molecule has 0 aliphatic carbocycles. The smallest absolute Gasteiger partial charge is 0.347 e. The number of esters is 1. The van der Waals surface area contributed by atoms with Gasteiger partial charge in [-0.05, 0) is 6.92 Å². The molecule has 10 heavy (non-hydrogen) atoms. The number of ether oxygens (including phenoxy) is 1. The Morgan fingerprint density at radius 3 is 2.10 bits per heavy atom. The number of aliphatic hydroxyl groups is 1. The van der Waals surface area contributed by atoms with Gasteiger partial charge >= 0.3 is 5.97 Å². The minimum atomic E-state index is -2.21. The summed E-state index contributed by atoms with van der Waals surface area (Å²) < 4.78 is 4.09. The molecule has 0 bridgehead atoms. The highest BCUT2D eigenvalue weighted by Crippen LogP contribution is 2.03. The van der Waals surface area contributed by atoms with Gasteiger partial charge in [-0.3, -0.25) is 4.79 Å². The third kappa shape index (κ3) is 1.44. The highest BCUT2D eigenvalue weighted by Gasteiger charge is 2.37. The Morgan fingerprint density at radius 2 is 2.00 bits per heavy atom. The van der Waals surface area contributed by atoms with E-state index in [-0.39, 0.29) is 0 Å². The lowest BCUT2D eigenvalue weighted by Crippen LogP contribution is -2.48. The zero-order valence-electron chi connectivity index (χ0n) is 5.75. The molecule has 0 rings (SSSR count). The number of carbonyl (C=O) groups excluding carboxylic acids is 2. The minimum absolute atomic E-state index is 0.973. The van der Waals surface area contributed by atoms with Crippen LogP contribution >= 0.6 is 0 Å². The second-order valence-corrected chi connectivity index (χ2v) is 1.93. The van der Waals surface area contributed by atoms with Crippen molar-refractivity contribution < 1.29 is 19.4 Å². The van der Waals surface area contributed by atoms with E-state index in [1.165, 1.54) is 0 Å². The van der Waals surface area contributed by atoms with Gasteiger partial charge in [0.05, 0.1) is 7.11 Å². The lowest BCUT2D eigenvalue weighted by molar-refractivity contribution is -0.165. The van der Waals surface area contributed by atoms with Gasteiger partial charge in [-0.25, -0.2) is 4.79 Å². The van der Waals surface area contributed by atoms with Gasteiger partial charge in [0.2, 0.25) is 5.60 Å². The topological polar surface area (TPSA) is 89.6 Å². The van der Waals surface area contributed by atoms with Crippen LogP contribution in [0.25, 0.3) is 0 Å². The Labute approximate surface area is 57.8 Å². The van der Waals surface area contributed by atoms with Gasteiger partial charge < -0.3 is 15.6 Å². The van der Waals surface area contributed by atoms with E-state index in [2.05, 4.69) is 10.5 Å². The average Bonchev–Trinajstić information content (AvgIpc) is 1.86. The third-order valence-electron chi connectivity index (χ3n) is 1.06. The van der Waals surface area contributed by atoms with Crippen LogP contribution in [-0.2, 0) is 14.3 Å². The monoisotopic (exact) mass is 147 g/mol. The molecule has 3 N–H and O–H groups in total. The maximum atomic E-state index is 10.5. The largest absolute Gasteiger partial charge is 0.466 e. The third-order valence-corrected chi connectivity index (χ3v) is 1.06. The number of amides is 1. The van der Waals surface area contributed by atoms with Crippen molar-refractivity contribution in [2.75, 3.05) is 7.11 Å². The molecule has 1 atom stereocenters. The second-order valence-electron chi connectivity index (χ2n) is 1.93. The van der Waals surface area contributed by atoms with Crippen molar-refractivity contribution in [3.63, 3.8) is 0 Å². The molecule has 0 fully saturated rings. The summed E-state index contributed by atoms with van der Waals surface area (Å²) in [7, 11) is 1.06. The van der Waals surface area contributed by atoms with Crippen LogP contribution < -0.4 is 5.73 Å².